The lowest BCUT2D eigenvalue weighted by Crippen LogP contribution is -2.26. The number of aromatic nitrogens is 1. The monoisotopic (exact) mass is 444 g/mol. The second-order valence-electron chi connectivity index (χ2n) is 7.58. The Morgan fingerprint density at radius 3 is 2.52 bits per heavy atom. The van der Waals surface area contributed by atoms with Crippen molar-refractivity contribution in [1.29, 1.82) is 0 Å². The molecular weight excluding hydrogens is 424 g/mol. The zero-order chi connectivity index (χ0) is 20.8. The van der Waals surface area contributed by atoms with Gasteiger partial charge in [0.25, 0.3) is 0 Å². The van der Waals surface area contributed by atoms with E-state index in [2.05, 4.69) is 18.8 Å². The Balaban J connectivity index is 1.89. The van der Waals surface area contributed by atoms with Crippen LogP contribution in [0.15, 0.2) is 66.2 Å². The Morgan fingerprint density at radius 2 is 1.83 bits per heavy atom. The van der Waals surface area contributed by atoms with Gasteiger partial charge in [-0.15, -0.1) is 11.3 Å². The topological polar surface area (TPSA) is 53.2 Å². The minimum Gasteiger partial charge on any atom is -0.364 e. The van der Waals surface area contributed by atoms with Crippen LogP contribution in [0.4, 0.5) is 11.4 Å². The number of anilines is 2. The van der Waals surface area contributed by atoms with Crippen molar-refractivity contribution in [3.63, 3.8) is 0 Å². The normalized spacial score (nSPS) is 12.4. The number of hydrogen-bond donors (Lipinski definition) is 1. The fourth-order valence-electron chi connectivity index (χ4n) is 3.54. The molecule has 2 aromatic heterocycles. The molecule has 0 radical (unpaired) electrons. The van der Waals surface area contributed by atoms with Crippen molar-refractivity contribution >= 4 is 54.4 Å². The van der Waals surface area contributed by atoms with E-state index in [-0.39, 0.29) is 5.41 Å². The van der Waals surface area contributed by atoms with Gasteiger partial charge in [0.2, 0.25) is 10.0 Å². The summed E-state index contributed by atoms with van der Waals surface area (Å²) >= 11 is 8.07. The maximum absolute atomic E-state index is 12.8. The highest BCUT2D eigenvalue weighted by Gasteiger charge is 2.27. The van der Waals surface area contributed by atoms with Crippen LogP contribution in [-0.4, -0.2) is 19.7 Å². The van der Waals surface area contributed by atoms with Gasteiger partial charge in [0.15, 0.2) is 0 Å². The molecule has 0 amide bonds. The van der Waals surface area contributed by atoms with E-state index < -0.39 is 10.0 Å². The summed E-state index contributed by atoms with van der Waals surface area (Å²) < 4.78 is 28.0. The van der Waals surface area contributed by atoms with E-state index in [4.69, 9.17) is 11.6 Å². The largest absolute Gasteiger partial charge is 0.364 e. The molecule has 0 aliphatic carbocycles. The molecule has 4 nitrogen and oxygen atoms in total. The van der Waals surface area contributed by atoms with Crippen LogP contribution >= 0.6 is 22.9 Å². The molecule has 0 aliphatic heterocycles. The summed E-state index contributed by atoms with van der Waals surface area (Å²) in [5.41, 5.74) is 2.68. The lowest BCUT2D eigenvalue weighted by Gasteiger charge is -2.28. The molecular formula is C22H21ClN2O2S2. The Kier molecular flexibility index (Phi) is 4.97. The minimum absolute atomic E-state index is 0.371. The molecule has 1 N–H and O–H groups in total. The summed E-state index contributed by atoms with van der Waals surface area (Å²) in [7, 11) is -3.59. The number of halogens is 1. The van der Waals surface area contributed by atoms with Crippen LogP contribution in [0.5, 0.6) is 0 Å². The maximum atomic E-state index is 12.8. The van der Waals surface area contributed by atoms with E-state index in [0.29, 0.717) is 16.4 Å². The molecule has 0 aliphatic rings. The quantitative estimate of drug-likeness (QED) is 0.392. The van der Waals surface area contributed by atoms with Gasteiger partial charge < -0.3 is 4.98 Å². The van der Waals surface area contributed by atoms with Gasteiger partial charge in [0.1, 0.15) is 0 Å². The Hall–Kier alpha value is -2.28. The summed E-state index contributed by atoms with van der Waals surface area (Å²) in [4.78, 5) is 3.25. The van der Waals surface area contributed by atoms with Crippen LogP contribution in [0, 0.1) is 0 Å². The number of sulfonamides is 1. The first-order chi connectivity index (χ1) is 13.7. The summed E-state index contributed by atoms with van der Waals surface area (Å²) in [5, 5.41) is 3.49. The molecule has 2 heterocycles. The molecule has 2 aromatic carbocycles. The molecule has 4 aromatic rings. The predicted molar refractivity (Wildman–Crippen MR) is 123 cm³/mol. The average Bonchev–Trinajstić information content (AvgIpc) is 3.32. The summed E-state index contributed by atoms with van der Waals surface area (Å²) in [6.45, 7) is 4.16. The van der Waals surface area contributed by atoms with E-state index >= 15 is 0 Å². The second-order valence-corrected chi connectivity index (χ2v) is 10.8. The van der Waals surface area contributed by atoms with Gasteiger partial charge in [-0.25, -0.2) is 12.7 Å². The molecule has 150 valence electrons. The van der Waals surface area contributed by atoms with Gasteiger partial charge in [-0.1, -0.05) is 25.4 Å². The minimum atomic E-state index is -3.59. The van der Waals surface area contributed by atoms with E-state index in [1.54, 1.807) is 17.4 Å². The van der Waals surface area contributed by atoms with Crippen LogP contribution in [0.1, 0.15) is 25.1 Å². The maximum Gasteiger partial charge on any atom is 0.236 e. The molecule has 0 saturated heterocycles. The molecule has 0 unspecified atom stereocenters. The molecule has 0 bridgehead atoms. The standard InChI is InChI=1S/C22H21ClN2O2S2/c1-22(2,21-5-4-9-24-21)16-12-17(23)14-19(13-16)25(29(3,26)27)18-6-7-20-15(11-18)8-10-28-20/h4-14,24H,1-3H3. The lowest BCUT2D eigenvalue weighted by atomic mass is 9.81. The first kappa shape index (κ1) is 20.0. The number of rotatable bonds is 5. The van der Waals surface area contributed by atoms with Crippen LogP contribution < -0.4 is 4.31 Å². The number of H-pyrrole nitrogens is 1. The molecule has 0 fully saturated rings. The van der Waals surface area contributed by atoms with Gasteiger partial charge in [-0.05, 0) is 70.9 Å². The number of benzene rings is 2. The van der Waals surface area contributed by atoms with Crippen molar-refractivity contribution < 1.29 is 8.42 Å². The van der Waals surface area contributed by atoms with E-state index in [0.717, 1.165) is 21.3 Å². The van der Waals surface area contributed by atoms with E-state index in [1.807, 2.05) is 60.1 Å². The fraction of sp³-hybridized carbons (Fsp3) is 0.182. The fourth-order valence-corrected chi connectivity index (χ4v) is 5.52. The third kappa shape index (κ3) is 3.80. The third-order valence-electron chi connectivity index (χ3n) is 5.11. The third-order valence-corrected chi connectivity index (χ3v) is 7.31. The Labute approximate surface area is 179 Å². The number of fused-ring (bicyclic) bond motifs is 1. The van der Waals surface area contributed by atoms with Crippen molar-refractivity contribution in [2.24, 2.45) is 0 Å². The van der Waals surface area contributed by atoms with Gasteiger partial charge in [0, 0.05) is 27.0 Å². The van der Waals surface area contributed by atoms with Crippen molar-refractivity contribution in [2.75, 3.05) is 10.6 Å². The summed E-state index contributed by atoms with van der Waals surface area (Å²) in [6.07, 6.45) is 3.09. The summed E-state index contributed by atoms with van der Waals surface area (Å²) in [5.74, 6) is 0. The predicted octanol–water partition coefficient (Wildman–Crippen LogP) is 6.31. The average molecular weight is 445 g/mol. The smallest absolute Gasteiger partial charge is 0.236 e. The number of hydrogen-bond acceptors (Lipinski definition) is 3. The number of aromatic amines is 1. The first-order valence-electron chi connectivity index (χ1n) is 9.09. The van der Waals surface area contributed by atoms with Crippen LogP contribution in [0.2, 0.25) is 5.02 Å². The first-order valence-corrected chi connectivity index (χ1v) is 12.2. The number of nitrogens with one attached hydrogen (secondary N) is 1. The Bertz CT molecular complexity index is 1280. The van der Waals surface area contributed by atoms with Crippen molar-refractivity contribution in [1.82, 2.24) is 4.98 Å². The molecule has 4 rings (SSSR count). The second kappa shape index (κ2) is 7.20. The molecule has 0 atom stereocenters. The van der Waals surface area contributed by atoms with Gasteiger partial charge in [0.05, 0.1) is 17.6 Å². The number of nitrogens with zero attached hydrogens (tertiary/aromatic N) is 1. The van der Waals surface area contributed by atoms with Crippen molar-refractivity contribution in [2.45, 2.75) is 19.3 Å². The van der Waals surface area contributed by atoms with Crippen molar-refractivity contribution in [3.05, 3.63) is 82.5 Å². The highest BCUT2D eigenvalue weighted by atomic mass is 35.5. The van der Waals surface area contributed by atoms with Crippen LogP contribution in [0.25, 0.3) is 10.1 Å². The highest BCUT2D eigenvalue weighted by Crippen LogP contribution is 2.38. The lowest BCUT2D eigenvalue weighted by molar-refractivity contribution is 0.601. The Morgan fingerprint density at radius 1 is 1.03 bits per heavy atom. The van der Waals surface area contributed by atoms with Gasteiger partial charge >= 0.3 is 0 Å². The molecule has 7 heteroatoms. The van der Waals surface area contributed by atoms with Gasteiger partial charge in [-0.2, -0.15) is 0 Å². The zero-order valence-corrected chi connectivity index (χ0v) is 18.7. The van der Waals surface area contributed by atoms with Crippen LogP contribution in [-0.2, 0) is 15.4 Å². The molecule has 29 heavy (non-hydrogen) atoms. The molecule has 0 spiro atoms. The van der Waals surface area contributed by atoms with E-state index in [1.165, 1.54) is 10.6 Å². The van der Waals surface area contributed by atoms with Crippen molar-refractivity contribution in [3.8, 4) is 0 Å². The summed E-state index contributed by atoms with van der Waals surface area (Å²) in [6, 6.07) is 17.1. The molecule has 0 saturated carbocycles. The SMILES string of the molecule is CC(C)(c1cc(Cl)cc(N(c2ccc3sccc3c2)S(C)(=O)=O)c1)c1ccc[nH]1. The highest BCUT2D eigenvalue weighted by molar-refractivity contribution is 7.92. The zero-order valence-electron chi connectivity index (χ0n) is 16.3. The van der Waals surface area contributed by atoms with E-state index in [9.17, 15) is 8.42 Å². The number of thiophene rings is 1. The van der Waals surface area contributed by atoms with Crippen LogP contribution in [0.3, 0.4) is 0 Å². The van der Waals surface area contributed by atoms with Gasteiger partial charge in [-0.3, -0.25) is 0 Å².